The molecule has 2 aliphatic rings. The Balaban J connectivity index is 1.12. The van der Waals surface area contributed by atoms with E-state index in [2.05, 4.69) is 16.0 Å². The van der Waals surface area contributed by atoms with E-state index in [1.54, 1.807) is 4.90 Å². The molecule has 2 aliphatic heterocycles. The van der Waals surface area contributed by atoms with Gasteiger partial charge in [-0.25, -0.2) is 4.79 Å². The third-order valence-electron chi connectivity index (χ3n) is 9.85. The number of hydrogen-bond acceptors (Lipinski definition) is 5. The summed E-state index contributed by atoms with van der Waals surface area (Å²) in [5.41, 5.74) is 4.08. The lowest BCUT2D eigenvalue weighted by molar-refractivity contribution is -0.143. The largest absolute Gasteiger partial charge is 0.465 e. The summed E-state index contributed by atoms with van der Waals surface area (Å²) in [5.74, 6) is -1.02. The summed E-state index contributed by atoms with van der Waals surface area (Å²) in [7, 11) is 0. The zero-order valence-electron chi connectivity index (χ0n) is 29.1. The molecule has 51 heavy (non-hydrogen) atoms. The number of carboxylic acid groups (broad SMARTS) is 1. The highest BCUT2D eigenvalue weighted by molar-refractivity contribution is 5.90. The third-order valence-corrected chi connectivity index (χ3v) is 9.85. The molecule has 1 fully saturated rings. The van der Waals surface area contributed by atoms with E-state index in [4.69, 9.17) is 0 Å². The van der Waals surface area contributed by atoms with Crippen molar-refractivity contribution in [2.24, 2.45) is 0 Å². The maximum absolute atomic E-state index is 13.5. The quantitative estimate of drug-likeness (QED) is 0.171. The van der Waals surface area contributed by atoms with E-state index in [0.29, 0.717) is 38.9 Å². The Kier molecular flexibility index (Phi) is 13.6. The van der Waals surface area contributed by atoms with Crippen LogP contribution in [-0.4, -0.2) is 82.9 Å². The number of piperidine rings is 1. The van der Waals surface area contributed by atoms with Crippen LogP contribution in [0.5, 0.6) is 0 Å². The van der Waals surface area contributed by atoms with Crippen LogP contribution in [0.3, 0.4) is 0 Å². The first-order chi connectivity index (χ1) is 24.8. The Morgan fingerprint density at radius 1 is 0.725 bits per heavy atom. The fourth-order valence-electron chi connectivity index (χ4n) is 7.02. The molecule has 270 valence electrons. The molecule has 0 bridgehead atoms. The van der Waals surface area contributed by atoms with Gasteiger partial charge in [0.15, 0.2) is 0 Å². The highest BCUT2D eigenvalue weighted by Gasteiger charge is 2.34. The van der Waals surface area contributed by atoms with Crippen LogP contribution in [0.4, 0.5) is 4.79 Å². The molecule has 0 aromatic heterocycles. The molecule has 3 aromatic rings. The zero-order valence-corrected chi connectivity index (χ0v) is 29.1. The van der Waals surface area contributed by atoms with E-state index < -0.39 is 24.1 Å². The summed E-state index contributed by atoms with van der Waals surface area (Å²) in [6.45, 7) is 2.37. The predicted octanol–water partition coefficient (Wildman–Crippen LogP) is 4.60. The number of fused-ring (bicyclic) bond motifs is 1. The van der Waals surface area contributed by atoms with E-state index in [9.17, 15) is 29.1 Å². The monoisotopic (exact) mass is 695 g/mol. The van der Waals surface area contributed by atoms with Crippen molar-refractivity contribution in [2.75, 3.05) is 26.2 Å². The van der Waals surface area contributed by atoms with Crippen LogP contribution >= 0.6 is 0 Å². The zero-order chi connectivity index (χ0) is 36.0. The maximum Gasteiger partial charge on any atom is 0.405 e. The average molecular weight is 696 g/mol. The minimum absolute atomic E-state index is 0.0157. The number of likely N-dealkylation sites (tertiary alicyclic amines) is 1. The maximum atomic E-state index is 13.5. The lowest BCUT2D eigenvalue weighted by atomic mass is 9.91. The first-order valence-electron chi connectivity index (χ1n) is 18.1. The van der Waals surface area contributed by atoms with Crippen molar-refractivity contribution in [3.8, 4) is 0 Å². The minimum atomic E-state index is -1.29. The van der Waals surface area contributed by atoms with Gasteiger partial charge in [-0.2, -0.15) is 0 Å². The van der Waals surface area contributed by atoms with Gasteiger partial charge < -0.3 is 30.9 Å². The van der Waals surface area contributed by atoms with E-state index in [0.717, 1.165) is 54.6 Å². The van der Waals surface area contributed by atoms with E-state index >= 15 is 0 Å². The number of carbonyl (C=O) groups excluding carboxylic acids is 4. The Labute approximate surface area is 299 Å². The summed E-state index contributed by atoms with van der Waals surface area (Å²) in [6.07, 6.45) is 3.61. The van der Waals surface area contributed by atoms with Gasteiger partial charge in [0.25, 0.3) is 0 Å². The molecule has 0 spiro atoms. The summed E-state index contributed by atoms with van der Waals surface area (Å²) >= 11 is 0. The van der Waals surface area contributed by atoms with Crippen LogP contribution < -0.4 is 16.0 Å². The molecule has 5 rings (SSSR count). The van der Waals surface area contributed by atoms with Crippen LogP contribution in [0.25, 0.3) is 0 Å². The van der Waals surface area contributed by atoms with Crippen molar-refractivity contribution in [1.29, 1.82) is 0 Å². The molecule has 11 heteroatoms. The van der Waals surface area contributed by atoms with Crippen molar-refractivity contribution in [2.45, 2.75) is 82.3 Å². The molecule has 11 nitrogen and oxygen atoms in total. The van der Waals surface area contributed by atoms with Gasteiger partial charge in [0, 0.05) is 57.9 Å². The number of carbonyl (C=O) groups is 5. The number of nitrogens with one attached hydrogen (secondary N) is 3. The van der Waals surface area contributed by atoms with Crippen LogP contribution in [0.1, 0.15) is 79.5 Å². The summed E-state index contributed by atoms with van der Waals surface area (Å²) in [5, 5.41) is 17.7. The molecule has 4 N–H and O–H groups in total. The summed E-state index contributed by atoms with van der Waals surface area (Å²) < 4.78 is 0. The van der Waals surface area contributed by atoms with Crippen LogP contribution in [0.15, 0.2) is 84.9 Å². The fraction of sp³-hybridized carbons (Fsp3) is 0.425. The molecule has 0 radical (unpaired) electrons. The Morgan fingerprint density at radius 2 is 1.33 bits per heavy atom. The van der Waals surface area contributed by atoms with Crippen molar-refractivity contribution in [3.63, 3.8) is 0 Å². The van der Waals surface area contributed by atoms with Crippen molar-refractivity contribution in [1.82, 2.24) is 25.8 Å². The molecule has 1 saturated heterocycles. The number of benzene rings is 3. The first-order valence-corrected chi connectivity index (χ1v) is 18.1. The Hall–Kier alpha value is -5.19. The molecule has 2 atom stereocenters. The van der Waals surface area contributed by atoms with Gasteiger partial charge in [-0.1, -0.05) is 84.9 Å². The molecule has 2 heterocycles. The van der Waals surface area contributed by atoms with Crippen LogP contribution in [0, 0.1) is 0 Å². The van der Waals surface area contributed by atoms with Gasteiger partial charge in [0.1, 0.15) is 12.1 Å². The van der Waals surface area contributed by atoms with Gasteiger partial charge in [0.05, 0.1) is 0 Å². The van der Waals surface area contributed by atoms with Crippen LogP contribution in [0.2, 0.25) is 0 Å². The summed E-state index contributed by atoms with van der Waals surface area (Å²) in [6, 6.07) is 25.8. The molecular formula is C40H49N5O6. The third kappa shape index (κ3) is 10.7. The van der Waals surface area contributed by atoms with Crippen molar-refractivity contribution >= 4 is 29.7 Å². The second-order valence-corrected chi connectivity index (χ2v) is 13.4. The normalized spacial score (nSPS) is 16.1. The van der Waals surface area contributed by atoms with Gasteiger partial charge >= 0.3 is 6.09 Å². The standard InChI is InChI=1S/C40H49N5O6/c46-36(44-24-12-3-13-25-44)21-22-37(47)45-28-32-19-9-8-18-31(32)26-35(45)39(49)41-23-11-10-20-34(43-40(50)51)38(48)42-27-33(29-14-4-1-5-15-29)30-16-6-2-7-17-30/h1-2,4-9,14-19,33-35,43H,3,10-13,20-28H2,(H,41,49)(H,42,48)(H,50,51). The number of nitrogens with zero attached hydrogens (tertiary/aromatic N) is 2. The van der Waals surface area contributed by atoms with Crippen molar-refractivity contribution in [3.05, 3.63) is 107 Å². The lowest BCUT2D eigenvalue weighted by Crippen LogP contribution is -2.52. The smallest absolute Gasteiger partial charge is 0.405 e. The van der Waals surface area contributed by atoms with Gasteiger partial charge in [-0.05, 0) is 60.8 Å². The van der Waals surface area contributed by atoms with E-state index in [-0.39, 0.29) is 42.9 Å². The minimum Gasteiger partial charge on any atom is -0.465 e. The lowest BCUT2D eigenvalue weighted by Gasteiger charge is -2.36. The van der Waals surface area contributed by atoms with E-state index in [1.165, 1.54) is 0 Å². The molecular weight excluding hydrogens is 646 g/mol. The first kappa shape index (κ1) is 37.1. The number of amides is 5. The molecule has 0 aliphatic carbocycles. The average Bonchev–Trinajstić information content (AvgIpc) is 3.16. The molecule has 0 saturated carbocycles. The number of rotatable bonds is 15. The number of unbranched alkanes of at least 4 members (excludes halogenated alkanes) is 1. The Bertz CT molecular complexity index is 1590. The number of hydrogen-bond donors (Lipinski definition) is 4. The molecule has 3 aromatic carbocycles. The SMILES string of the molecule is O=C(O)NC(CCCCNC(=O)C1Cc2ccccc2CN1C(=O)CCC(=O)N1CCCCC1)C(=O)NCC(c1ccccc1)c1ccccc1. The summed E-state index contributed by atoms with van der Waals surface area (Å²) in [4.78, 5) is 68.0. The van der Waals surface area contributed by atoms with Gasteiger partial charge in [-0.15, -0.1) is 0 Å². The highest BCUT2D eigenvalue weighted by Crippen LogP contribution is 2.26. The predicted molar refractivity (Wildman–Crippen MR) is 194 cm³/mol. The Morgan fingerprint density at radius 3 is 1.98 bits per heavy atom. The van der Waals surface area contributed by atoms with Gasteiger partial charge in [-0.3, -0.25) is 19.2 Å². The molecule has 5 amide bonds. The van der Waals surface area contributed by atoms with Gasteiger partial charge in [0.2, 0.25) is 23.6 Å². The van der Waals surface area contributed by atoms with E-state index in [1.807, 2.05) is 89.8 Å². The molecule has 2 unspecified atom stereocenters. The van der Waals surface area contributed by atoms with Crippen LogP contribution in [-0.2, 0) is 32.1 Å². The second-order valence-electron chi connectivity index (χ2n) is 13.4. The topological polar surface area (TPSA) is 148 Å². The highest BCUT2D eigenvalue weighted by atomic mass is 16.4. The second kappa shape index (κ2) is 18.7. The van der Waals surface area contributed by atoms with Crippen molar-refractivity contribution < 1.29 is 29.1 Å². The fourth-order valence-corrected chi connectivity index (χ4v) is 7.02.